The van der Waals surface area contributed by atoms with Crippen LogP contribution in [-0.4, -0.2) is 15.3 Å². The van der Waals surface area contributed by atoms with Gasteiger partial charge in [-0.05, 0) is 17.7 Å². The molecule has 0 aliphatic heterocycles. The van der Waals surface area contributed by atoms with E-state index in [9.17, 15) is 0 Å². The molecule has 2 aromatic rings. The normalized spacial score (nSPS) is 10.4. The van der Waals surface area contributed by atoms with Crippen molar-refractivity contribution in [3.8, 4) is 11.1 Å². The standard InChI is InChI=1S/C10H9BrN2O/c11-8-3-1-2-7(4-8)9-5-12-13-10(9)6-14/h1-5,14H,6H2,(H,12,13). The molecule has 0 fully saturated rings. The maximum Gasteiger partial charge on any atom is 0.0853 e. The van der Waals surface area contributed by atoms with E-state index in [-0.39, 0.29) is 6.61 Å². The van der Waals surface area contributed by atoms with Crippen molar-refractivity contribution in [3.63, 3.8) is 0 Å². The Morgan fingerprint density at radius 1 is 1.43 bits per heavy atom. The Morgan fingerprint density at radius 2 is 2.29 bits per heavy atom. The molecule has 1 aromatic heterocycles. The minimum absolute atomic E-state index is 0.0259. The van der Waals surface area contributed by atoms with E-state index in [0.29, 0.717) is 0 Å². The van der Waals surface area contributed by atoms with E-state index in [4.69, 9.17) is 5.11 Å². The van der Waals surface area contributed by atoms with Crippen molar-refractivity contribution >= 4 is 15.9 Å². The van der Waals surface area contributed by atoms with Gasteiger partial charge in [0.05, 0.1) is 18.5 Å². The summed E-state index contributed by atoms with van der Waals surface area (Å²) in [6.45, 7) is -0.0259. The van der Waals surface area contributed by atoms with Gasteiger partial charge in [-0.3, -0.25) is 5.10 Å². The maximum absolute atomic E-state index is 9.05. The first kappa shape index (κ1) is 9.43. The van der Waals surface area contributed by atoms with Gasteiger partial charge in [-0.1, -0.05) is 28.1 Å². The predicted octanol–water partition coefficient (Wildman–Crippen LogP) is 2.33. The average Bonchev–Trinajstić information content (AvgIpc) is 2.65. The molecule has 0 aliphatic rings. The molecular formula is C10H9BrN2O. The SMILES string of the molecule is OCc1[nH]ncc1-c1cccc(Br)c1. The smallest absolute Gasteiger partial charge is 0.0853 e. The fraction of sp³-hybridized carbons (Fsp3) is 0.100. The molecule has 3 nitrogen and oxygen atoms in total. The van der Waals surface area contributed by atoms with Crippen molar-refractivity contribution in [3.05, 3.63) is 40.6 Å². The minimum Gasteiger partial charge on any atom is -0.390 e. The van der Waals surface area contributed by atoms with Gasteiger partial charge >= 0.3 is 0 Å². The molecule has 0 atom stereocenters. The largest absolute Gasteiger partial charge is 0.390 e. The number of benzene rings is 1. The first-order chi connectivity index (χ1) is 6.81. The Morgan fingerprint density at radius 3 is 3.00 bits per heavy atom. The molecule has 0 saturated heterocycles. The molecule has 0 amide bonds. The van der Waals surface area contributed by atoms with Gasteiger partial charge in [-0.2, -0.15) is 5.10 Å². The Kier molecular flexibility index (Phi) is 2.65. The number of aliphatic hydroxyl groups excluding tert-OH is 1. The zero-order valence-corrected chi connectivity index (χ0v) is 8.95. The van der Waals surface area contributed by atoms with Crippen molar-refractivity contribution in [2.45, 2.75) is 6.61 Å². The van der Waals surface area contributed by atoms with Crippen LogP contribution >= 0.6 is 15.9 Å². The third-order valence-electron chi connectivity index (χ3n) is 2.01. The first-order valence-corrected chi connectivity index (χ1v) is 4.99. The number of aromatic nitrogens is 2. The van der Waals surface area contributed by atoms with Crippen molar-refractivity contribution in [1.29, 1.82) is 0 Å². The lowest BCUT2D eigenvalue weighted by molar-refractivity contribution is 0.277. The molecule has 0 aliphatic carbocycles. The Balaban J connectivity index is 2.49. The number of halogens is 1. The van der Waals surface area contributed by atoms with Crippen molar-refractivity contribution in [2.75, 3.05) is 0 Å². The number of hydrogen-bond donors (Lipinski definition) is 2. The molecule has 4 heteroatoms. The van der Waals surface area contributed by atoms with Crippen LogP contribution in [0.1, 0.15) is 5.69 Å². The molecule has 2 N–H and O–H groups in total. The summed E-state index contributed by atoms with van der Waals surface area (Å²) in [6.07, 6.45) is 1.72. The van der Waals surface area contributed by atoms with Gasteiger partial charge < -0.3 is 5.11 Å². The molecule has 72 valence electrons. The van der Waals surface area contributed by atoms with E-state index >= 15 is 0 Å². The lowest BCUT2D eigenvalue weighted by Gasteiger charge is -2.00. The van der Waals surface area contributed by atoms with E-state index in [0.717, 1.165) is 21.3 Å². The number of nitrogens with zero attached hydrogens (tertiary/aromatic N) is 1. The molecular weight excluding hydrogens is 244 g/mol. The lowest BCUT2D eigenvalue weighted by atomic mass is 10.1. The van der Waals surface area contributed by atoms with Crippen molar-refractivity contribution in [1.82, 2.24) is 10.2 Å². The van der Waals surface area contributed by atoms with Crippen molar-refractivity contribution in [2.24, 2.45) is 0 Å². The minimum atomic E-state index is -0.0259. The van der Waals surface area contributed by atoms with Gasteiger partial charge in [0.1, 0.15) is 0 Å². The number of hydrogen-bond acceptors (Lipinski definition) is 2. The highest BCUT2D eigenvalue weighted by Gasteiger charge is 2.06. The molecule has 2 rings (SSSR count). The third-order valence-corrected chi connectivity index (χ3v) is 2.51. The van der Waals surface area contributed by atoms with Crippen LogP contribution in [-0.2, 0) is 6.61 Å². The number of aliphatic hydroxyl groups is 1. The molecule has 1 aromatic carbocycles. The summed E-state index contributed by atoms with van der Waals surface area (Å²) >= 11 is 3.40. The summed E-state index contributed by atoms with van der Waals surface area (Å²) in [5, 5.41) is 15.7. The second-order valence-corrected chi connectivity index (χ2v) is 3.85. The summed E-state index contributed by atoms with van der Waals surface area (Å²) in [4.78, 5) is 0. The van der Waals surface area contributed by atoms with Gasteiger partial charge in [0.2, 0.25) is 0 Å². The van der Waals surface area contributed by atoms with Gasteiger partial charge in [0.25, 0.3) is 0 Å². The fourth-order valence-corrected chi connectivity index (χ4v) is 1.74. The van der Waals surface area contributed by atoms with Crippen LogP contribution < -0.4 is 0 Å². The zero-order valence-electron chi connectivity index (χ0n) is 7.37. The Bertz CT molecular complexity index is 439. The second-order valence-electron chi connectivity index (χ2n) is 2.93. The molecule has 14 heavy (non-hydrogen) atoms. The summed E-state index contributed by atoms with van der Waals surface area (Å²) in [7, 11) is 0. The molecule has 1 heterocycles. The topological polar surface area (TPSA) is 48.9 Å². The van der Waals surface area contributed by atoms with E-state index in [2.05, 4.69) is 26.1 Å². The Hall–Kier alpha value is -1.13. The van der Waals surface area contributed by atoms with Gasteiger partial charge in [-0.25, -0.2) is 0 Å². The van der Waals surface area contributed by atoms with E-state index < -0.39 is 0 Å². The second kappa shape index (κ2) is 3.94. The van der Waals surface area contributed by atoms with E-state index in [1.807, 2.05) is 24.3 Å². The quantitative estimate of drug-likeness (QED) is 0.862. The van der Waals surface area contributed by atoms with Crippen LogP contribution in [0.15, 0.2) is 34.9 Å². The monoisotopic (exact) mass is 252 g/mol. The van der Waals surface area contributed by atoms with Crippen LogP contribution in [0.5, 0.6) is 0 Å². The lowest BCUT2D eigenvalue weighted by Crippen LogP contribution is -1.86. The van der Waals surface area contributed by atoms with E-state index in [1.165, 1.54) is 0 Å². The molecule has 0 spiro atoms. The van der Waals surface area contributed by atoms with Crippen LogP contribution in [0.25, 0.3) is 11.1 Å². The third kappa shape index (κ3) is 1.71. The summed E-state index contributed by atoms with van der Waals surface area (Å²) in [5.74, 6) is 0. The fourth-order valence-electron chi connectivity index (χ4n) is 1.34. The molecule has 0 saturated carbocycles. The van der Waals surface area contributed by atoms with E-state index in [1.54, 1.807) is 6.20 Å². The highest BCUT2D eigenvalue weighted by molar-refractivity contribution is 9.10. The number of H-pyrrole nitrogens is 1. The van der Waals surface area contributed by atoms with Crippen LogP contribution in [0.3, 0.4) is 0 Å². The highest BCUT2D eigenvalue weighted by atomic mass is 79.9. The van der Waals surface area contributed by atoms with Crippen molar-refractivity contribution < 1.29 is 5.11 Å². The number of nitrogens with one attached hydrogen (secondary N) is 1. The Labute approximate surface area is 89.9 Å². The van der Waals surface area contributed by atoms with Crippen LogP contribution in [0, 0.1) is 0 Å². The average molecular weight is 253 g/mol. The summed E-state index contributed by atoms with van der Waals surface area (Å²) in [6, 6.07) is 7.88. The highest BCUT2D eigenvalue weighted by Crippen LogP contribution is 2.24. The van der Waals surface area contributed by atoms with Crippen LogP contribution in [0.4, 0.5) is 0 Å². The number of rotatable bonds is 2. The first-order valence-electron chi connectivity index (χ1n) is 4.20. The van der Waals surface area contributed by atoms with Gasteiger partial charge in [0.15, 0.2) is 0 Å². The predicted molar refractivity (Wildman–Crippen MR) is 57.6 cm³/mol. The molecule has 0 bridgehead atoms. The number of aromatic amines is 1. The maximum atomic E-state index is 9.05. The molecule has 0 unspecified atom stereocenters. The zero-order chi connectivity index (χ0) is 9.97. The summed E-state index contributed by atoms with van der Waals surface area (Å²) in [5.41, 5.74) is 2.72. The van der Waals surface area contributed by atoms with Gasteiger partial charge in [-0.15, -0.1) is 0 Å². The van der Waals surface area contributed by atoms with Gasteiger partial charge in [0, 0.05) is 10.0 Å². The summed E-state index contributed by atoms with van der Waals surface area (Å²) < 4.78 is 1.01. The van der Waals surface area contributed by atoms with Crippen LogP contribution in [0.2, 0.25) is 0 Å². The molecule has 0 radical (unpaired) electrons.